The van der Waals surface area contributed by atoms with Gasteiger partial charge < -0.3 is 0 Å². The number of Topliss-reactive ketones (excluding diaryl/α,β-unsaturated/α-hetero) is 1. The van der Waals surface area contributed by atoms with Gasteiger partial charge in [0.05, 0.1) is 0 Å². The van der Waals surface area contributed by atoms with Crippen LogP contribution in [-0.4, -0.2) is 5.78 Å². The highest BCUT2D eigenvalue weighted by Gasteiger charge is 2.07. The molecule has 0 aromatic heterocycles. The molecule has 0 aliphatic heterocycles. The Morgan fingerprint density at radius 3 is 2.32 bits per heavy atom. The van der Waals surface area contributed by atoms with Gasteiger partial charge >= 0.3 is 0 Å². The first-order valence-corrected chi connectivity index (χ1v) is 7.49. The Bertz CT molecular complexity index is 373. The van der Waals surface area contributed by atoms with Crippen LogP contribution in [0.2, 0.25) is 0 Å². The van der Waals surface area contributed by atoms with E-state index in [4.69, 9.17) is 0 Å². The number of hydrogen-bond donors (Lipinski definition) is 0. The molecule has 0 amide bonds. The molecule has 1 rings (SSSR count). The van der Waals surface area contributed by atoms with E-state index in [1.54, 1.807) is 18.2 Å². The van der Waals surface area contributed by atoms with Gasteiger partial charge in [0.1, 0.15) is 11.6 Å². The first kappa shape index (κ1) is 15.9. The quantitative estimate of drug-likeness (QED) is 0.539. The second-order valence-electron chi connectivity index (χ2n) is 5.18. The number of rotatable bonds is 10. The summed E-state index contributed by atoms with van der Waals surface area (Å²) in [7, 11) is 0. The van der Waals surface area contributed by atoms with Gasteiger partial charge in [-0.25, -0.2) is 4.39 Å². The molecule has 0 saturated heterocycles. The van der Waals surface area contributed by atoms with Crippen LogP contribution in [0, 0.1) is 5.82 Å². The summed E-state index contributed by atoms with van der Waals surface area (Å²) < 4.78 is 13.4. The molecule has 0 radical (unpaired) electrons. The van der Waals surface area contributed by atoms with Crippen molar-refractivity contribution in [2.75, 3.05) is 0 Å². The number of ketones is 1. The van der Waals surface area contributed by atoms with Crippen molar-refractivity contribution in [2.24, 2.45) is 0 Å². The molecular formula is C17H25FO. The number of hydrogen-bond acceptors (Lipinski definition) is 1. The summed E-state index contributed by atoms with van der Waals surface area (Å²) in [5.41, 5.74) is 0.524. The first-order valence-electron chi connectivity index (χ1n) is 7.49. The van der Waals surface area contributed by atoms with Gasteiger partial charge in [-0.3, -0.25) is 4.79 Å². The Balaban J connectivity index is 2.10. The van der Waals surface area contributed by atoms with E-state index in [9.17, 15) is 9.18 Å². The molecule has 0 atom stereocenters. The fourth-order valence-electron chi connectivity index (χ4n) is 2.22. The number of unbranched alkanes of at least 4 members (excludes halogenated alkanes) is 6. The zero-order valence-electron chi connectivity index (χ0n) is 12.0. The van der Waals surface area contributed by atoms with Crippen molar-refractivity contribution in [2.45, 2.75) is 64.7 Å². The van der Waals surface area contributed by atoms with E-state index in [0.717, 1.165) is 12.8 Å². The topological polar surface area (TPSA) is 17.1 Å². The Morgan fingerprint density at radius 1 is 1.00 bits per heavy atom. The largest absolute Gasteiger partial charge is 0.299 e. The minimum atomic E-state index is -0.268. The van der Waals surface area contributed by atoms with Crippen LogP contribution in [0.25, 0.3) is 0 Å². The van der Waals surface area contributed by atoms with Gasteiger partial charge in [0, 0.05) is 12.8 Å². The lowest BCUT2D eigenvalue weighted by molar-refractivity contribution is -0.118. The first-order chi connectivity index (χ1) is 9.24. The van der Waals surface area contributed by atoms with Gasteiger partial charge in [0.15, 0.2) is 0 Å². The maximum absolute atomic E-state index is 13.4. The molecule has 0 unspecified atom stereocenters. The molecule has 1 aromatic rings. The monoisotopic (exact) mass is 264 g/mol. The minimum absolute atomic E-state index is 0.152. The lowest BCUT2D eigenvalue weighted by Gasteiger charge is -2.03. The Kier molecular flexibility index (Phi) is 8.11. The van der Waals surface area contributed by atoms with Crippen molar-refractivity contribution in [1.29, 1.82) is 0 Å². The van der Waals surface area contributed by atoms with Crippen molar-refractivity contribution < 1.29 is 9.18 Å². The molecular weight excluding hydrogens is 239 g/mol. The average molecular weight is 264 g/mol. The molecule has 0 N–H and O–H groups in total. The van der Waals surface area contributed by atoms with Crippen molar-refractivity contribution in [3.63, 3.8) is 0 Å². The summed E-state index contributed by atoms with van der Waals surface area (Å²) in [5.74, 6) is -0.117. The lowest BCUT2D eigenvalue weighted by atomic mass is 10.0. The van der Waals surface area contributed by atoms with E-state index in [0.29, 0.717) is 12.0 Å². The fraction of sp³-hybridized carbons (Fsp3) is 0.588. The molecule has 106 valence electrons. The zero-order valence-corrected chi connectivity index (χ0v) is 12.0. The van der Waals surface area contributed by atoms with Gasteiger partial charge in [-0.2, -0.15) is 0 Å². The highest BCUT2D eigenvalue weighted by molar-refractivity contribution is 5.80. The summed E-state index contributed by atoms with van der Waals surface area (Å²) in [6.45, 7) is 2.21. The molecule has 0 spiro atoms. The summed E-state index contributed by atoms with van der Waals surface area (Å²) in [5, 5.41) is 0. The third-order valence-electron chi connectivity index (χ3n) is 3.40. The second-order valence-corrected chi connectivity index (χ2v) is 5.18. The molecule has 2 heteroatoms. The van der Waals surface area contributed by atoms with Crippen LogP contribution in [0.15, 0.2) is 24.3 Å². The van der Waals surface area contributed by atoms with Crippen LogP contribution < -0.4 is 0 Å². The number of carbonyl (C=O) groups excluding carboxylic acids is 1. The maximum atomic E-state index is 13.4. The fourth-order valence-corrected chi connectivity index (χ4v) is 2.22. The third-order valence-corrected chi connectivity index (χ3v) is 3.40. The predicted molar refractivity (Wildman–Crippen MR) is 77.7 cm³/mol. The molecule has 1 nitrogen and oxygen atoms in total. The second kappa shape index (κ2) is 9.71. The molecule has 0 saturated carbocycles. The molecule has 1 aromatic carbocycles. The van der Waals surface area contributed by atoms with E-state index >= 15 is 0 Å². The van der Waals surface area contributed by atoms with Crippen LogP contribution in [-0.2, 0) is 11.2 Å². The average Bonchev–Trinajstić information content (AvgIpc) is 2.40. The molecule has 0 aliphatic rings. The predicted octanol–water partition coefficient (Wildman–Crippen LogP) is 5.08. The Hall–Kier alpha value is -1.18. The van der Waals surface area contributed by atoms with Crippen molar-refractivity contribution in [1.82, 2.24) is 0 Å². The standard InChI is InChI=1S/C17H25FO/c1-2-3-4-5-6-7-8-12-16(19)14-15-11-9-10-13-17(15)18/h9-11,13H,2-8,12,14H2,1H3. The smallest absolute Gasteiger partial charge is 0.137 e. The van der Waals surface area contributed by atoms with Crippen molar-refractivity contribution in [3.8, 4) is 0 Å². The van der Waals surface area contributed by atoms with Gasteiger partial charge in [0.2, 0.25) is 0 Å². The Labute approximate surface area is 116 Å². The highest BCUT2D eigenvalue weighted by Crippen LogP contribution is 2.12. The minimum Gasteiger partial charge on any atom is -0.299 e. The lowest BCUT2D eigenvalue weighted by Crippen LogP contribution is -2.04. The summed E-state index contributed by atoms with van der Waals surface area (Å²) in [6.07, 6.45) is 9.26. The normalized spacial score (nSPS) is 10.6. The van der Waals surface area contributed by atoms with E-state index in [1.165, 1.54) is 38.2 Å². The summed E-state index contributed by atoms with van der Waals surface area (Å²) >= 11 is 0. The number of carbonyl (C=O) groups is 1. The van der Waals surface area contributed by atoms with Gasteiger partial charge in [0.25, 0.3) is 0 Å². The van der Waals surface area contributed by atoms with Crippen LogP contribution in [0.1, 0.15) is 63.9 Å². The number of benzene rings is 1. The molecule has 0 bridgehead atoms. The number of halogens is 1. The Morgan fingerprint density at radius 2 is 1.63 bits per heavy atom. The maximum Gasteiger partial charge on any atom is 0.137 e. The van der Waals surface area contributed by atoms with Crippen LogP contribution in [0.4, 0.5) is 4.39 Å². The van der Waals surface area contributed by atoms with E-state index < -0.39 is 0 Å². The summed E-state index contributed by atoms with van der Waals surface area (Å²) in [4.78, 5) is 11.7. The highest BCUT2D eigenvalue weighted by atomic mass is 19.1. The van der Waals surface area contributed by atoms with Crippen LogP contribution in [0.3, 0.4) is 0 Å². The SMILES string of the molecule is CCCCCCCCCC(=O)Cc1ccccc1F. The molecule has 0 heterocycles. The van der Waals surface area contributed by atoms with Gasteiger partial charge in [-0.05, 0) is 18.1 Å². The van der Waals surface area contributed by atoms with E-state index in [1.807, 2.05) is 0 Å². The van der Waals surface area contributed by atoms with E-state index in [2.05, 4.69) is 6.92 Å². The zero-order chi connectivity index (χ0) is 13.9. The van der Waals surface area contributed by atoms with Gasteiger partial charge in [-0.15, -0.1) is 0 Å². The van der Waals surface area contributed by atoms with Crippen molar-refractivity contribution in [3.05, 3.63) is 35.6 Å². The van der Waals surface area contributed by atoms with Crippen LogP contribution in [0.5, 0.6) is 0 Å². The van der Waals surface area contributed by atoms with E-state index in [-0.39, 0.29) is 18.0 Å². The summed E-state index contributed by atoms with van der Waals surface area (Å²) in [6, 6.07) is 6.54. The molecule has 19 heavy (non-hydrogen) atoms. The molecule has 0 fully saturated rings. The van der Waals surface area contributed by atoms with Crippen LogP contribution >= 0.6 is 0 Å². The third kappa shape index (κ3) is 7.09. The van der Waals surface area contributed by atoms with Crippen molar-refractivity contribution >= 4 is 5.78 Å². The van der Waals surface area contributed by atoms with Gasteiger partial charge in [-0.1, -0.05) is 63.6 Å². The molecule has 0 aliphatic carbocycles.